The lowest BCUT2D eigenvalue weighted by molar-refractivity contribution is -0.507. The fourth-order valence-electron chi connectivity index (χ4n) is 2.35. The number of sulfonamides is 1. The van der Waals surface area contributed by atoms with Crippen molar-refractivity contribution < 1.29 is 28.5 Å². The summed E-state index contributed by atoms with van der Waals surface area (Å²) in [6.45, 7) is -0.177. The highest BCUT2D eigenvalue weighted by Crippen LogP contribution is 2.35. The molecule has 0 aliphatic heterocycles. The van der Waals surface area contributed by atoms with Crippen LogP contribution in [0.5, 0.6) is 5.75 Å². The van der Waals surface area contributed by atoms with Gasteiger partial charge in [-0.1, -0.05) is 23.2 Å². The first-order chi connectivity index (χ1) is 14.1. The summed E-state index contributed by atoms with van der Waals surface area (Å²) in [4.78, 5) is 16.1. The molecule has 0 radical (unpaired) electrons. The molecule has 0 aliphatic rings. The second kappa shape index (κ2) is 8.79. The number of carbonyl (C=O) groups is 1. The van der Waals surface area contributed by atoms with E-state index in [4.69, 9.17) is 27.9 Å². The number of phenols is 1. The van der Waals surface area contributed by atoms with Crippen molar-refractivity contribution in [3.05, 3.63) is 56.3 Å². The topological polar surface area (TPSA) is 150 Å². The summed E-state index contributed by atoms with van der Waals surface area (Å²) in [6, 6.07) is 4.78. The Hall–Kier alpha value is -2.35. The van der Waals surface area contributed by atoms with Crippen LogP contribution in [0.15, 0.2) is 34.7 Å². The highest BCUT2D eigenvalue weighted by molar-refractivity contribution is 7.94. The van der Waals surface area contributed by atoms with Crippen molar-refractivity contribution >= 4 is 62.2 Å². The quantitative estimate of drug-likeness (QED) is 0.338. The molecule has 10 nitrogen and oxygen atoms in total. The Morgan fingerprint density at radius 1 is 1.40 bits per heavy atom. The summed E-state index contributed by atoms with van der Waals surface area (Å²) in [6.07, 6.45) is 1.39. The van der Waals surface area contributed by atoms with Crippen LogP contribution >= 0.6 is 34.5 Å². The molecule has 0 amide bonds. The zero-order valence-corrected chi connectivity index (χ0v) is 18.3. The fourth-order valence-corrected chi connectivity index (χ4v) is 5.28. The Kier molecular flexibility index (Phi) is 6.55. The molecule has 2 aromatic heterocycles. The van der Waals surface area contributed by atoms with E-state index in [0.29, 0.717) is 11.2 Å². The van der Waals surface area contributed by atoms with Crippen LogP contribution < -0.4 is 10.2 Å². The van der Waals surface area contributed by atoms with Gasteiger partial charge in [-0.2, -0.15) is 4.98 Å². The van der Waals surface area contributed by atoms with Gasteiger partial charge in [0.25, 0.3) is 10.0 Å². The number of anilines is 1. The van der Waals surface area contributed by atoms with E-state index in [1.165, 1.54) is 29.0 Å². The van der Waals surface area contributed by atoms with E-state index in [0.717, 1.165) is 17.4 Å². The summed E-state index contributed by atoms with van der Waals surface area (Å²) >= 11 is 12.4. The molecule has 0 saturated heterocycles. The van der Waals surface area contributed by atoms with Crippen LogP contribution in [0.2, 0.25) is 9.36 Å². The first-order valence-corrected chi connectivity index (χ1v) is 11.1. The van der Waals surface area contributed by atoms with E-state index in [2.05, 4.69) is 9.71 Å². The summed E-state index contributed by atoms with van der Waals surface area (Å²) in [5, 5.41) is 21.0. The van der Waals surface area contributed by atoms with Gasteiger partial charge >= 0.3 is 11.9 Å². The Bertz CT molecular complexity index is 1190. The number of carbonyl (C=O) groups excluding carboxylic acids is 1. The second-order valence-corrected chi connectivity index (χ2v) is 9.86. The third-order valence-corrected chi connectivity index (χ3v) is 7.65. The van der Waals surface area contributed by atoms with Gasteiger partial charge in [0.1, 0.15) is 26.5 Å². The first kappa shape index (κ1) is 22.3. The number of ether oxygens (including phenoxy) is 1. The minimum atomic E-state index is -3.98. The largest absolute Gasteiger partial charge is 0.628 e. The number of hydrogen-bond donors (Lipinski definition) is 3. The molecule has 160 valence electrons. The average Bonchev–Trinajstić information content (AvgIpc) is 3.21. The Morgan fingerprint density at radius 3 is 2.70 bits per heavy atom. The number of benzene rings is 1. The molecule has 0 atom stereocenters. The molecule has 4 N–H and O–H groups in total. The highest BCUT2D eigenvalue weighted by Gasteiger charge is 2.21. The van der Waals surface area contributed by atoms with Crippen molar-refractivity contribution in [2.75, 3.05) is 4.72 Å². The molecule has 3 aromatic rings. The molecule has 3 rings (SSSR count). The maximum Gasteiger partial charge on any atom is 0.342 e. The molecule has 2 heterocycles. The Morgan fingerprint density at radius 2 is 2.13 bits per heavy atom. The van der Waals surface area contributed by atoms with Gasteiger partial charge in [0, 0.05) is 13.1 Å². The van der Waals surface area contributed by atoms with Crippen molar-refractivity contribution in [3.63, 3.8) is 0 Å². The number of aromatic nitrogens is 2. The fraction of sp³-hybridized carbons (Fsp3) is 0.125. The number of nitrogens with two attached hydrogens (primary N) is 1. The normalized spacial score (nSPS) is 11.5. The average molecular weight is 493 g/mol. The SMILES string of the molecule is Cn1c(COC(=O)c2ccc(NS(=O)(=O)c3cc(Cl)c(Cl)s3)cc2O)cnc1[NH2+][O-]. The van der Waals surface area contributed by atoms with Gasteiger partial charge in [0.15, 0.2) is 0 Å². The van der Waals surface area contributed by atoms with Gasteiger partial charge < -0.3 is 20.5 Å². The monoisotopic (exact) mass is 492 g/mol. The third kappa shape index (κ3) is 4.69. The lowest BCUT2D eigenvalue weighted by Gasteiger charge is -2.10. The number of phenolic OH excluding ortho intramolecular Hbond substituents is 1. The highest BCUT2D eigenvalue weighted by atomic mass is 35.5. The van der Waals surface area contributed by atoms with Crippen LogP contribution in [-0.2, 0) is 28.4 Å². The standard InChI is InChI=1S/C16H14Cl2N4O6S2/c1-22-9(6-19-16(22)20-25)7-28-15(24)10-3-2-8(4-12(10)23)21-30(26,27)13-5-11(17)14(18)29-13/h2-6,21,23H,7,20H2,1H3. The number of nitrogens with zero attached hydrogens (tertiary/aromatic N) is 2. The zero-order chi connectivity index (χ0) is 22.1. The minimum absolute atomic E-state index is 0.0203. The van der Waals surface area contributed by atoms with Crippen LogP contribution in [0.4, 0.5) is 11.6 Å². The zero-order valence-electron chi connectivity index (χ0n) is 15.1. The molecule has 1 aromatic carbocycles. The lowest BCUT2D eigenvalue weighted by atomic mass is 10.2. The Balaban J connectivity index is 1.71. The summed E-state index contributed by atoms with van der Waals surface area (Å²) in [5.74, 6) is -1.15. The van der Waals surface area contributed by atoms with Crippen LogP contribution in [0.25, 0.3) is 0 Å². The molecule has 0 saturated carbocycles. The molecule has 0 aliphatic carbocycles. The van der Waals surface area contributed by atoms with E-state index in [1.807, 2.05) is 0 Å². The minimum Gasteiger partial charge on any atom is -0.628 e. The van der Waals surface area contributed by atoms with E-state index in [-0.39, 0.29) is 37.4 Å². The summed E-state index contributed by atoms with van der Waals surface area (Å²) in [7, 11) is -2.39. The molecule has 0 bridgehead atoms. The van der Waals surface area contributed by atoms with Crippen molar-refractivity contribution in [2.45, 2.75) is 10.8 Å². The number of aromatic hydroxyl groups is 1. The number of quaternary nitrogens is 1. The number of esters is 1. The van der Waals surface area contributed by atoms with E-state index in [9.17, 15) is 23.5 Å². The van der Waals surface area contributed by atoms with Gasteiger partial charge in [0.2, 0.25) is 0 Å². The molecular formula is C16H14Cl2N4O6S2. The van der Waals surface area contributed by atoms with Crippen molar-refractivity contribution in [1.29, 1.82) is 0 Å². The number of imidazole rings is 1. The molecular weight excluding hydrogens is 479 g/mol. The smallest absolute Gasteiger partial charge is 0.342 e. The molecule has 0 fully saturated rings. The summed E-state index contributed by atoms with van der Waals surface area (Å²) in [5.41, 5.74) is 0.891. The van der Waals surface area contributed by atoms with Crippen molar-refractivity contribution in [1.82, 2.24) is 9.55 Å². The van der Waals surface area contributed by atoms with Gasteiger partial charge in [-0.25, -0.2) is 13.2 Å². The second-order valence-electron chi connectivity index (χ2n) is 5.89. The molecule has 30 heavy (non-hydrogen) atoms. The predicted molar refractivity (Wildman–Crippen MR) is 111 cm³/mol. The van der Waals surface area contributed by atoms with Crippen molar-refractivity contribution in [2.24, 2.45) is 7.05 Å². The van der Waals surface area contributed by atoms with Crippen LogP contribution in [0, 0.1) is 5.21 Å². The number of rotatable bonds is 7. The molecule has 0 unspecified atom stereocenters. The van der Waals surface area contributed by atoms with Gasteiger partial charge in [-0.3, -0.25) is 9.29 Å². The first-order valence-electron chi connectivity index (χ1n) is 8.06. The molecule has 14 heteroatoms. The summed E-state index contributed by atoms with van der Waals surface area (Å²) < 4.78 is 33.7. The van der Waals surface area contributed by atoms with Crippen LogP contribution in [0.1, 0.15) is 16.1 Å². The lowest BCUT2D eigenvalue weighted by Crippen LogP contribution is -2.71. The molecule has 0 spiro atoms. The van der Waals surface area contributed by atoms with Gasteiger partial charge in [-0.15, -0.1) is 11.3 Å². The maximum absolute atomic E-state index is 12.4. The maximum atomic E-state index is 12.4. The van der Waals surface area contributed by atoms with Gasteiger partial charge in [-0.05, 0) is 18.2 Å². The number of nitrogens with one attached hydrogen (secondary N) is 1. The predicted octanol–water partition coefficient (Wildman–Crippen LogP) is 2.34. The third-order valence-electron chi connectivity index (χ3n) is 3.93. The van der Waals surface area contributed by atoms with Crippen molar-refractivity contribution in [3.8, 4) is 5.75 Å². The van der Waals surface area contributed by atoms with Crippen LogP contribution in [0.3, 0.4) is 0 Å². The number of thiophene rings is 1. The van der Waals surface area contributed by atoms with Crippen LogP contribution in [-0.4, -0.2) is 29.0 Å². The van der Waals surface area contributed by atoms with E-state index >= 15 is 0 Å². The Labute approximate surface area is 184 Å². The van der Waals surface area contributed by atoms with E-state index < -0.39 is 21.7 Å². The van der Waals surface area contributed by atoms with Gasteiger partial charge in [0.05, 0.1) is 22.6 Å². The number of halogens is 2. The number of hydrogen-bond acceptors (Lipinski definition) is 8. The van der Waals surface area contributed by atoms with E-state index in [1.54, 1.807) is 7.05 Å².